The van der Waals surface area contributed by atoms with Gasteiger partial charge in [-0.3, -0.25) is 13.9 Å². The average molecular weight is 501 g/mol. The summed E-state index contributed by atoms with van der Waals surface area (Å²) >= 11 is 0. The number of anilines is 1. The zero-order valence-corrected chi connectivity index (χ0v) is 19.6. The molecule has 4 aromatic rings. The summed E-state index contributed by atoms with van der Waals surface area (Å²) in [5, 5.41) is 0. The predicted octanol–water partition coefficient (Wildman–Crippen LogP) is 2.73. The fourth-order valence-corrected chi connectivity index (χ4v) is 4.40. The van der Waals surface area contributed by atoms with Crippen LogP contribution in [0.5, 0.6) is 11.6 Å². The van der Waals surface area contributed by atoms with Gasteiger partial charge in [-0.05, 0) is 30.3 Å². The van der Waals surface area contributed by atoms with Crippen molar-refractivity contribution in [3.05, 3.63) is 77.2 Å². The van der Waals surface area contributed by atoms with Gasteiger partial charge in [-0.1, -0.05) is 12.1 Å². The SMILES string of the molecule is COCCOc1cnc2ccc(-c3cnc(OC)c(NS(=O)(=O)c4ccccc4F)c3)cn2c1=O. The van der Waals surface area contributed by atoms with Crippen LogP contribution in [0, 0.1) is 5.82 Å². The molecule has 0 aliphatic carbocycles. The highest BCUT2D eigenvalue weighted by molar-refractivity contribution is 7.92. The molecule has 0 bridgehead atoms. The van der Waals surface area contributed by atoms with Gasteiger partial charge in [-0.2, -0.15) is 0 Å². The summed E-state index contributed by atoms with van der Waals surface area (Å²) in [5.41, 5.74) is 0.971. The number of aromatic nitrogens is 3. The Morgan fingerprint density at radius 1 is 1.03 bits per heavy atom. The zero-order valence-electron chi connectivity index (χ0n) is 18.8. The fraction of sp³-hybridized carbons (Fsp3) is 0.174. The van der Waals surface area contributed by atoms with Gasteiger partial charge in [0.1, 0.15) is 28.7 Å². The van der Waals surface area contributed by atoms with Crippen LogP contribution in [-0.4, -0.2) is 50.2 Å². The van der Waals surface area contributed by atoms with E-state index in [4.69, 9.17) is 14.2 Å². The molecule has 10 nitrogen and oxygen atoms in total. The van der Waals surface area contributed by atoms with Gasteiger partial charge in [0.15, 0.2) is 0 Å². The minimum Gasteiger partial charge on any atom is -0.484 e. The molecule has 0 radical (unpaired) electrons. The lowest BCUT2D eigenvalue weighted by molar-refractivity contribution is 0.145. The Hall–Kier alpha value is -4.03. The summed E-state index contributed by atoms with van der Waals surface area (Å²) in [7, 11) is -1.42. The van der Waals surface area contributed by atoms with Gasteiger partial charge >= 0.3 is 0 Å². The molecule has 0 saturated heterocycles. The van der Waals surface area contributed by atoms with E-state index in [1.165, 1.54) is 55.4 Å². The summed E-state index contributed by atoms with van der Waals surface area (Å²) in [6, 6.07) is 9.81. The Labute approximate surface area is 200 Å². The van der Waals surface area contributed by atoms with E-state index in [0.717, 1.165) is 12.1 Å². The summed E-state index contributed by atoms with van der Waals surface area (Å²) in [4.78, 5) is 20.7. The van der Waals surface area contributed by atoms with Crippen LogP contribution in [0.1, 0.15) is 0 Å². The minimum atomic E-state index is -4.27. The van der Waals surface area contributed by atoms with E-state index in [-0.39, 0.29) is 23.9 Å². The molecule has 0 unspecified atom stereocenters. The molecule has 0 saturated carbocycles. The number of nitrogens with one attached hydrogen (secondary N) is 1. The van der Waals surface area contributed by atoms with Crippen molar-refractivity contribution in [1.29, 1.82) is 0 Å². The normalized spacial score (nSPS) is 11.4. The highest BCUT2D eigenvalue weighted by atomic mass is 32.2. The van der Waals surface area contributed by atoms with Gasteiger partial charge in [-0.15, -0.1) is 0 Å². The highest BCUT2D eigenvalue weighted by Gasteiger charge is 2.21. The number of hydrogen-bond donors (Lipinski definition) is 1. The lowest BCUT2D eigenvalue weighted by Gasteiger charge is -2.13. The number of sulfonamides is 1. The van der Waals surface area contributed by atoms with Crippen LogP contribution in [-0.2, 0) is 14.8 Å². The van der Waals surface area contributed by atoms with Crippen molar-refractivity contribution in [3.63, 3.8) is 0 Å². The Morgan fingerprint density at radius 3 is 2.57 bits per heavy atom. The van der Waals surface area contributed by atoms with Crippen molar-refractivity contribution >= 4 is 21.4 Å². The topological polar surface area (TPSA) is 121 Å². The van der Waals surface area contributed by atoms with Crippen molar-refractivity contribution in [3.8, 4) is 22.8 Å². The van der Waals surface area contributed by atoms with Crippen molar-refractivity contribution in [2.75, 3.05) is 32.2 Å². The van der Waals surface area contributed by atoms with Gasteiger partial charge in [0.25, 0.3) is 15.6 Å². The minimum absolute atomic E-state index is 0.00419. The number of ether oxygens (including phenoxy) is 3. The third-order valence-electron chi connectivity index (χ3n) is 4.96. The molecule has 1 aromatic carbocycles. The van der Waals surface area contributed by atoms with Crippen LogP contribution in [0.25, 0.3) is 16.8 Å². The molecule has 4 rings (SSSR count). The molecule has 0 atom stereocenters. The number of hydrogen-bond acceptors (Lipinski definition) is 8. The largest absolute Gasteiger partial charge is 0.484 e. The predicted molar refractivity (Wildman–Crippen MR) is 126 cm³/mol. The molecule has 182 valence electrons. The van der Waals surface area contributed by atoms with Crippen LogP contribution in [0.3, 0.4) is 0 Å². The lowest BCUT2D eigenvalue weighted by atomic mass is 10.1. The number of pyridine rings is 2. The smallest absolute Gasteiger partial charge is 0.300 e. The molecule has 0 aliphatic rings. The molecule has 35 heavy (non-hydrogen) atoms. The molecule has 0 amide bonds. The summed E-state index contributed by atoms with van der Waals surface area (Å²) in [6.07, 6.45) is 4.34. The third-order valence-corrected chi connectivity index (χ3v) is 6.36. The van der Waals surface area contributed by atoms with E-state index in [1.54, 1.807) is 12.1 Å². The van der Waals surface area contributed by atoms with E-state index < -0.39 is 26.3 Å². The molecule has 3 aromatic heterocycles. The second-order valence-corrected chi connectivity index (χ2v) is 8.88. The standard InChI is InChI=1S/C23H21FN4O6S/c1-32-9-10-34-19-13-25-21-8-7-15(14-28(21)23(19)29)16-11-18(22(33-2)26-12-16)27-35(30,31)20-6-4-3-5-17(20)24/h3-8,11-14,27H,9-10H2,1-2H3. The molecule has 1 N–H and O–H groups in total. The van der Waals surface area contributed by atoms with Crippen molar-refractivity contribution in [2.24, 2.45) is 0 Å². The molecule has 0 fully saturated rings. The molecular formula is C23H21FN4O6S. The number of fused-ring (bicyclic) bond motifs is 1. The number of benzene rings is 1. The maximum absolute atomic E-state index is 14.1. The Morgan fingerprint density at radius 2 is 1.83 bits per heavy atom. The summed E-state index contributed by atoms with van der Waals surface area (Å²) in [5.74, 6) is -0.849. The second kappa shape index (κ2) is 10.1. The van der Waals surface area contributed by atoms with Crippen LogP contribution < -0.4 is 19.8 Å². The molecule has 3 heterocycles. The average Bonchev–Trinajstić information content (AvgIpc) is 2.85. The maximum Gasteiger partial charge on any atom is 0.300 e. The molecule has 12 heteroatoms. The van der Waals surface area contributed by atoms with Crippen molar-refractivity contribution < 1.29 is 27.0 Å². The first-order valence-corrected chi connectivity index (χ1v) is 11.8. The number of nitrogens with zero attached hydrogens (tertiary/aromatic N) is 3. The zero-order chi connectivity index (χ0) is 25.0. The van der Waals surface area contributed by atoms with Crippen LogP contribution in [0.15, 0.2) is 70.7 Å². The number of rotatable bonds is 9. The van der Waals surface area contributed by atoms with E-state index >= 15 is 0 Å². The van der Waals surface area contributed by atoms with Crippen LogP contribution in [0.2, 0.25) is 0 Å². The Balaban J connectivity index is 1.73. The van der Waals surface area contributed by atoms with Gasteiger partial charge in [0.2, 0.25) is 11.6 Å². The third kappa shape index (κ3) is 5.08. The van der Waals surface area contributed by atoms with E-state index in [2.05, 4.69) is 14.7 Å². The summed E-state index contributed by atoms with van der Waals surface area (Å²) in [6.45, 7) is 0.498. The number of methoxy groups -OCH3 is 2. The molecule has 0 aliphatic heterocycles. The fourth-order valence-electron chi connectivity index (χ4n) is 3.27. The molecule has 0 spiro atoms. The Bertz CT molecular complexity index is 1540. The highest BCUT2D eigenvalue weighted by Crippen LogP contribution is 2.30. The quantitative estimate of drug-likeness (QED) is 0.348. The first kappa shape index (κ1) is 24.1. The van der Waals surface area contributed by atoms with Gasteiger partial charge < -0.3 is 14.2 Å². The maximum atomic E-state index is 14.1. The van der Waals surface area contributed by atoms with E-state index in [9.17, 15) is 17.6 Å². The second-order valence-electron chi connectivity index (χ2n) is 7.23. The van der Waals surface area contributed by atoms with Gasteiger partial charge in [0.05, 0.1) is 19.9 Å². The molecular weight excluding hydrogens is 479 g/mol. The van der Waals surface area contributed by atoms with Crippen molar-refractivity contribution in [2.45, 2.75) is 4.90 Å². The Kier molecular flexibility index (Phi) is 6.94. The summed E-state index contributed by atoms with van der Waals surface area (Å²) < 4.78 is 58.9. The first-order valence-electron chi connectivity index (χ1n) is 10.3. The lowest BCUT2D eigenvalue weighted by Crippen LogP contribution is -2.19. The van der Waals surface area contributed by atoms with Crippen molar-refractivity contribution in [1.82, 2.24) is 14.4 Å². The number of halogens is 1. The van der Waals surface area contributed by atoms with Crippen LogP contribution >= 0.6 is 0 Å². The first-order chi connectivity index (χ1) is 16.8. The van der Waals surface area contributed by atoms with Gasteiger partial charge in [0, 0.05) is 30.6 Å². The van der Waals surface area contributed by atoms with Gasteiger partial charge in [-0.25, -0.2) is 22.8 Å². The van der Waals surface area contributed by atoms with E-state index in [1.807, 2.05) is 0 Å². The van der Waals surface area contributed by atoms with Crippen LogP contribution in [0.4, 0.5) is 10.1 Å². The van der Waals surface area contributed by atoms with E-state index in [0.29, 0.717) is 23.4 Å². The monoisotopic (exact) mass is 500 g/mol.